The number of nitro benzene ring substituents is 1. The zero-order valence-electron chi connectivity index (χ0n) is 14.4. The lowest BCUT2D eigenvalue weighted by atomic mass is 9.91. The molecule has 0 radical (unpaired) electrons. The summed E-state index contributed by atoms with van der Waals surface area (Å²) in [6, 6.07) is 29.7. The molecule has 0 heterocycles. The maximum atomic E-state index is 11.8. The first-order chi connectivity index (χ1) is 13.2. The van der Waals surface area contributed by atoms with Crippen LogP contribution in [0.1, 0.15) is 0 Å². The molecule has 0 aliphatic carbocycles. The van der Waals surface area contributed by atoms with Crippen LogP contribution in [0.3, 0.4) is 0 Å². The molecular weight excluding hydrogens is 334 g/mol. The standard InChI is InChI=1S/C24H15NO2/c26-25(27)23-13-12-16-6-3-4-10-20(16)24(23)21-11-5-9-19-14-17-7-1-2-8-18(17)15-22(19)21/h1-15H. The molecule has 5 aromatic carbocycles. The van der Waals surface area contributed by atoms with E-state index in [9.17, 15) is 10.1 Å². The smallest absolute Gasteiger partial charge is 0.258 e. The van der Waals surface area contributed by atoms with Crippen molar-refractivity contribution < 1.29 is 4.92 Å². The van der Waals surface area contributed by atoms with Gasteiger partial charge in [0.15, 0.2) is 0 Å². The Hall–Kier alpha value is -3.72. The van der Waals surface area contributed by atoms with Crippen molar-refractivity contribution in [1.82, 2.24) is 0 Å². The average Bonchev–Trinajstić information content (AvgIpc) is 2.71. The molecule has 0 N–H and O–H groups in total. The van der Waals surface area contributed by atoms with Gasteiger partial charge in [0.1, 0.15) is 0 Å². The van der Waals surface area contributed by atoms with Gasteiger partial charge in [-0.1, -0.05) is 66.7 Å². The zero-order valence-corrected chi connectivity index (χ0v) is 14.4. The van der Waals surface area contributed by atoms with Gasteiger partial charge >= 0.3 is 0 Å². The van der Waals surface area contributed by atoms with Crippen LogP contribution in [0, 0.1) is 10.1 Å². The molecule has 27 heavy (non-hydrogen) atoms. The van der Waals surface area contributed by atoms with Gasteiger partial charge in [-0.25, -0.2) is 0 Å². The minimum absolute atomic E-state index is 0.134. The van der Waals surface area contributed by atoms with E-state index in [1.54, 1.807) is 6.07 Å². The van der Waals surface area contributed by atoms with Crippen LogP contribution in [0.25, 0.3) is 43.4 Å². The highest BCUT2D eigenvalue weighted by atomic mass is 16.6. The number of rotatable bonds is 2. The Labute approximate surface area is 155 Å². The largest absolute Gasteiger partial charge is 0.277 e. The van der Waals surface area contributed by atoms with E-state index in [2.05, 4.69) is 30.3 Å². The van der Waals surface area contributed by atoms with Crippen molar-refractivity contribution in [2.75, 3.05) is 0 Å². The van der Waals surface area contributed by atoms with E-state index >= 15 is 0 Å². The Balaban J connectivity index is 1.95. The summed E-state index contributed by atoms with van der Waals surface area (Å²) >= 11 is 0. The average molecular weight is 349 g/mol. The second kappa shape index (κ2) is 5.92. The van der Waals surface area contributed by atoms with Crippen molar-refractivity contribution in [2.45, 2.75) is 0 Å². The van der Waals surface area contributed by atoms with Crippen LogP contribution in [0.5, 0.6) is 0 Å². The zero-order chi connectivity index (χ0) is 18.4. The van der Waals surface area contributed by atoms with Gasteiger partial charge in [0.05, 0.1) is 10.5 Å². The van der Waals surface area contributed by atoms with Crippen molar-refractivity contribution in [3.63, 3.8) is 0 Å². The highest BCUT2D eigenvalue weighted by Gasteiger charge is 2.20. The summed E-state index contributed by atoms with van der Waals surface area (Å²) in [5, 5.41) is 18.1. The van der Waals surface area contributed by atoms with Gasteiger partial charge in [0.25, 0.3) is 5.69 Å². The van der Waals surface area contributed by atoms with E-state index < -0.39 is 0 Å². The molecule has 3 heteroatoms. The van der Waals surface area contributed by atoms with E-state index in [4.69, 9.17) is 0 Å². The highest BCUT2D eigenvalue weighted by Crippen LogP contribution is 2.41. The molecule has 0 atom stereocenters. The first-order valence-electron chi connectivity index (χ1n) is 8.80. The molecule has 0 aliphatic heterocycles. The lowest BCUT2D eigenvalue weighted by molar-refractivity contribution is -0.384. The summed E-state index contributed by atoms with van der Waals surface area (Å²) in [6.07, 6.45) is 0. The summed E-state index contributed by atoms with van der Waals surface area (Å²) in [6.45, 7) is 0. The van der Waals surface area contributed by atoms with Crippen LogP contribution in [0.4, 0.5) is 5.69 Å². The first-order valence-corrected chi connectivity index (χ1v) is 8.80. The number of hydrogen-bond donors (Lipinski definition) is 0. The second-order valence-electron chi connectivity index (χ2n) is 6.66. The Morgan fingerprint density at radius 3 is 2.04 bits per heavy atom. The predicted octanol–water partition coefficient (Wildman–Crippen LogP) is 6.72. The van der Waals surface area contributed by atoms with Gasteiger partial charge in [-0.05, 0) is 56.1 Å². The molecule has 0 bridgehead atoms. The van der Waals surface area contributed by atoms with E-state index in [-0.39, 0.29) is 10.6 Å². The number of hydrogen-bond acceptors (Lipinski definition) is 2. The van der Waals surface area contributed by atoms with Crippen LogP contribution in [0.15, 0.2) is 91.0 Å². The third-order valence-corrected chi connectivity index (χ3v) is 5.12. The fraction of sp³-hybridized carbons (Fsp3) is 0. The minimum atomic E-state index is -0.290. The quantitative estimate of drug-likeness (QED) is 0.202. The molecule has 0 spiro atoms. The number of benzene rings is 5. The highest BCUT2D eigenvalue weighted by molar-refractivity contribution is 6.11. The van der Waals surface area contributed by atoms with Gasteiger partial charge in [0.2, 0.25) is 0 Å². The molecule has 0 unspecified atom stereocenters. The lowest BCUT2D eigenvalue weighted by Gasteiger charge is -2.12. The molecular formula is C24H15NO2. The summed E-state index contributed by atoms with van der Waals surface area (Å²) in [4.78, 5) is 11.5. The lowest BCUT2D eigenvalue weighted by Crippen LogP contribution is -1.94. The Kier molecular flexibility index (Phi) is 3.41. The molecule has 0 amide bonds. The van der Waals surface area contributed by atoms with Crippen LogP contribution in [-0.2, 0) is 0 Å². The van der Waals surface area contributed by atoms with Crippen LogP contribution < -0.4 is 0 Å². The number of fused-ring (bicyclic) bond motifs is 3. The molecule has 0 fully saturated rings. The normalized spacial score (nSPS) is 11.3. The van der Waals surface area contributed by atoms with E-state index in [1.165, 1.54) is 0 Å². The molecule has 3 nitrogen and oxygen atoms in total. The van der Waals surface area contributed by atoms with E-state index in [0.717, 1.165) is 37.9 Å². The van der Waals surface area contributed by atoms with Gasteiger partial charge in [-0.2, -0.15) is 0 Å². The number of nitrogens with zero attached hydrogens (tertiary/aromatic N) is 1. The first kappa shape index (κ1) is 15.5. The Morgan fingerprint density at radius 2 is 1.26 bits per heavy atom. The Morgan fingerprint density at radius 1 is 0.593 bits per heavy atom. The van der Waals surface area contributed by atoms with E-state index in [1.807, 2.05) is 54.6 Å². The van der Waals surface area contributed by atoms with Gasteiger partial charge < -0.3 is 0 Å². The summed E-state index contributed by atoms with van der Waals surface area (Å²) in [7, 11) is 0. The Bertz CT molecular complexity index is 1360. The van der Waals surface area contributed by atoms with Crippen molar-refractivity contribution in [3.05, 3.63) is 101 Å². The SMILES string of the molecule is O=[N+]([O-])c1ccc2ccccc2c1-c1cccc2cc3ccccc3cc12. The fourth-order valence-corrected chi connectivity index (χ4v) is 3.88. The van der Waals surface area contributed by atoms with Crippen LogP contribution >= 0.6 is 0 Å². The maximum absolute atomic E-state index is 11.8. The van der Waals surface area contributed by atoms with Crippen molar-refractivity contribution in [2.24, 2.45) is 0 Å². The van der Waals surface area contributed by atoms with E-state index in [0.29, 0.717) is 5.56 Å². The van der Waals surface area contributed by atoms with Crippen molar-refractivity contribution in [3.8, 4) is 11.1 Å². The second-order valence-corrected chi connectivity index (χ2v) is 6.66. The van der Waals surface area contributed by atoms with Crippen LogP contribution in [0.2, 0.25) is 0 Å². The molecule has 0 saturated heterocycles. The molecule has 0 aliphatic rings. The molecule has 0 saturated carbocycles. The topological polar surface area (TPSA) is 43.1 Å². The summed E-state index contributed by atoms with van der Waals surface area (Å²) in [5.74, 6) is 0. The number of nitro groups is 1. The van der Waals surface area contributed by atoms with Gasteiger partial charge in [-0.3, -0.25) is 10.1 Å². The third-order valence-electron chi connectivity index (χ3n) is 5.12. The van der Waals surface area contributed by atoms with Gasteiger partial charge in [-0.15, -0.1) is 0 Å². The van der Waals surface area contributed by atoms with Crippen molar-refractivity contribution >= 4 is 38.0 Å². The molecule has 5 rings (SSSR count). The minimum Gasteiger partial charge on any atom is -0.258 e. The monoisotopic (exact) mass is 349 g/mol. The fourth-order valence-electron chi connectivity index (χ4n) is 3.88. The molecule has 5 aromatic rings. The summed E-state index contributed by atoms with van der Waals surface area (Å²) < 4.78 is 0. The summed E-state index contributed by atoms with van der Waals surface area (Å²) in [5.41, 5.74) is 1.70. The van der Waals surface area contributed by atoms with Crippen LogP contribution in [-0.4, -0.2) is 4.92 Å². The third kappa shape index (κ3) is 2.44. The molecule has 0 aromatic heterocycles. The maximum Gasteiger partial charge on any atom is 0.277 e. The predicted molar refractivity (Wildman–Crippen MR) is 111 cm³/mol. The van der Waals surface area contributed by atoms with Crippen molar-refractivity contribution in [1.29, 1.82) is 0 Å². The van der Waals surface area contributed by atoms with Gasteiger partial charge in [0, 0.05) is 6.07 Å². The molecule has 128 valence electrons.